The van der Waals surface area contributed by atoms with Crippen molar-refractivity contribution in [1.29, 1.82) is 0 Å². The van der Waals surface area contributed by atoms with E-state index in [2.05, 4.69) is 30.2 Å². The number of benzene rings is 2. The second kappa shape index (κ2) is 8.32. The Balaban J connectivity index is 1.38. The van der Waals surface area contributed by atoms with E-state index < -0.39 is 6.36 Å². The van der Waals surface area contributed by atoms with Gasteiger partial charge in [-0.3, -0.25) is 0 Å². The zero-order valence-electron chi connectivity index (χ0n) is 15.1. The molecule has 0 saturated carbocycles. The van der Waals surface area contributed by atoms with Crippen LogP contribution in [-0.4, -0.2) is 26.5 Å². The van der Waals surface area contributed by atoms with Crippen LogP contribution in [0.2, 0.25) is 0 Å². The molecule has 154 valence electrons. The van der Waals surface area contributed by atoms with Gasteiger partial charge in [0.05, 0.1) is 11.3 Å². The number of rotatable bonds is 6. The van der Waals surface area contributed by atoms with Gasteiger partial charge in [-0.15, -0.1) is 23.4 Å². The summed E-state index contributed by atoms with van der Waals surface area (Å²) in [6.07, 6.45) is -4.72. The Morgan fingerprint density at radius 2 is 1.80 bits per heavy atom. The molecule has 0 amide bonds. The number of anilines is 3. The fraction of sp³-hybridized carbons (Fsp3) is 0.111. The van der Waals surface area contributed by atoms with Crippen molar-refractivity contribution in [3.63, 3.8) is 0 Å². The Bertz CT molecular complexity index is 1170. The Morgan fingerprint density at radius 3 is 2.57 bits per heavy atom. The molecule has 0 radical (unpaired) electrons. The average molecular weight is 450 g/mol. The maximum absolute atomic E-state index is 12.2. The summed E-state index contributed by atoms with van der Waals surface area (Å²) >= 11 is 2.71. The quantitative estimate of drug-likeness (QED) is 0.396. The third-order valence-corrected chi connectivity index (χ3v) is 5.72. The van der Waals surface area contributed by atoms with Crippen molar-refractivity contribution < 1.29 is 17.9 Å². The molecule has 4 rings (SSSR count). The minimum absolute atomic E-state index is 0.295. The summed E-state index contributed by atoms with van der Waals surface area (Å²) in [5, 5.41) is 12.4. The van der Waals surface area contributed by atoms with Crippen molar-refractivity contribution in [2.24, 2.45) is 0 Å². The molecule has 2 heterocycles. The fourth-order valence-corrected chi connectivity index (χ4v) is 4.15. The summed E-state index contributed by atoms with van der Waals surface area (Å²) in [5.74, 6) is 1.18. The molecule has 0 spiro atoms. The van der Waals surface area contributed by atoms with Crippen LogP contribution in [0.4, 0.5) is 29.8 Å². The average Bonchev–Trinajstić information content (AvgIpc) is 3.14. The Morgan fingerprint density at radius 1 is 1.03 bits per heavy atom. The lowest BCUT2D eigenvalue weighted by atomic mass is 10.2. The number of halogens is 3. The van der Waals surface area contributed by atoms with E-state index in [-0.39, 0.29) is 5.75 Å². The number of nitrogens with two attached hydrogens (primary N) is 1. The van der Waals surface area contributed by atoms with Gasteiger partial charge in [0.1, 0.15) is 17.4 Å². The molecule has 0 atom stereocenters. The first-order valence-electron chi connectivity index (χ1n) is 8.46. The van der Waals surface area contributed by atoms with Crippen LogP contribution in [0.5, 0.6) is 5.75 Å². The van der Waals surface area contributed by atoms with Gasteiger partial charge in [0.2, 0.25) is 5.13 Å². The molecular weight excluding hydrogens is 437 g/mol. The van der Waals surface area contributed by atoms with Crippen LogP contribution in [0.1, 0.15) is 5.82 Å². The van der Waals surface area contributed by atoms with Crippen LogP contribution in [0.3, 0.4) is 0 Å². The smallest absolute Gasteiger partial charge is 0.406 e. The Hall–Kier alpha value is -3.12. The monoisotopic (exact) mass is 450 g/mol. The number of aromatic nitrogens is 4. The van der Waals surface area contributed by atoms with Crippen LogP contribution in [-0.2, 0) is 5.75 Å². The lowest BCUT2D eigenvalue weighted by Gasteiger charge is -2.09. The predicted octanol–water partition coefficient (Wildman–Crippen LogP) is 5.00. The van der Waals surface area contributed by atoms with Gasteiger partial charge >= 0.3 is 6.36 Å². The summed E-state index contributed by atoms with van der Waals surface area (Å²) in [6.45, 7) is 0. The number of ether oxygens (including phenoxy) is 1. The van der Waals surface area contributed by atoms with E-state index in [0.29, 0.717) is 32.6 Å². The molecule has 2 aromatic heterocycles. The molecule has 0 saturated heterocycles. The molecule has 0 unspecified atom stereocenters. The molecule has 30 heavy (non-hydrogen) atoms. The largest absolute Gasteiger partial charge is 0.573 e. The van der Waals surface area contributed by atoms with Gasteiger partial charge in [-0.25, -0.2) is 9.97 Å². The van der Waals surface area contributed by atoms with Crippen molar-refractivity contribution in [2.45, 2.75) is 16.5 Å². The van der Waals surface area contributed by atoms with Crippen molar-refractivity contribution in [3.05, 3.63) is 54.4 Å². The lowest BCUT2D eigenvalue weighted by molar-refractivity contribution is -0.274. The normalized spacial score (nSPS) is 11.6. The number of alkyl halides is 3. The molecule has 0 fully saturated rings. The number of para-hydroxylation sites is 1. The van der Waals surface area contributed by atoms with Crippen LogP contribution in [0, 0.1) is 0 Å². The molecule has 3 N–H and O–H groups in total. The molecule has 0 aliphatic heterocycles. The fourth-order valence-electron chi connectivity index (χ4n) is 2.52. The molecule has 0 aliphatic rings. The second-order valence-electron chi connectivity index (χ2n) is 5.90. The van der Waals surface area contributed by atoms with Gasteiger partial charge in [-0.05, 0) is 36.4 Å². The van der Waals surface area contributed by atoms with E-state index >= 15 is 0 Å². The van der Waals surface area contributed by atoms with Crippen molar-refractivity contribution in [2.75, 3.05) is 11.1 Å². The summed E-state index contributed by atoms with van der Waals surface area (Å²) in [7, 11) is 0. The summed E-state index contributed by atoms with van der Waals surface area (Å²) < 4.78 is 41.2. The number of nitrogens with zero attached hydrogens (tertiary/aromatic N) is 4. The van der Waals surface area contributed by atoms with Crippen molar-refractivity contribution in [1.82, 2.24) is 20.2 Å². The van der Waals surface area contributed by atoms with Crippen LogP contribution < -0.4 is 15.8 Å². The van der Waals surface area contributed by atoms with E-state index in [0.717, 1.165) is 10.9 Å². The van der Waals surface area contributed by atoms with E-state index in [1.165, 1.54) is 47.4 Å². The molecule has 7 nitrogen and oxygen atoms in total. The predicted molar refractivity (Wildman–Crippen MR) is 110 cm³/mol. The number of thioether (sulfide) groups is 1. The summed E-state index contributed by atoms with van der Waals surface area (Å²) in [6, 6.07) is 12.9. The van der Waals surface area contributed by atoms with Gasteiger partial charge < -0.3 is 15.8 Å². The number of nitrogens with one attached hydrogen (secondary N) is 1. The molecule has 0 bridgehead atoms. The number of hydrogen-bond donors (Lipinski definition) is 2. The van der Waals surface area contributed by atoms with Crippen molar-refractivity contribution in [3.8, 4) is 5.75 Å². The summed E-state index contributed by atoms with van der Waals surface area (Å²) in [5.41, 5.74) is 7.33. The molecule has 0 aliphatic carbocycles. The lowest BCUT2D eigenvalue weighted by Crippen LogP contribution is -2.16. The highest BCUT2D eigenvalue weighted by atomic mass is 32.2. The zero-order valence-corrected chi connectivity index (χ0v) is 16.7. The molecular formula is C18H13F3N6OS2. The maximum Gasteiger partial charge on any atom is 0.573 e. The number of fused-ring (bicyclic) bond motifs is 1. The van der Waals surface area contributed by atoms with Gasteiger partial charge in [-0.1, -0.05) is 35.2 Å². The highest BCUT2D eigenvalue weighted by Crippen LogP contribution is 2.31. The minimum atomic E-state index is -4.72. The molecule has 2 aromatic carbocycles. The molecule has 4 aromatic rings. The zero-order chi connectivity index (χ0) is 21.1. The topological polar surface area (TPSA) is 98.8 Å². The van der Waals surface area contributed by atoms with Gasteiger partial charge in [0, 0.05) is 11.1 Å². The summed E-state index contributed by atoms with van der Waals surface area (Å²) in [4.78, 5) is 8.82. The van der Waals surface area contributed by atoms with Crippen LogP contribution >= 0.6 is 23.1 Å². The Labute approximate surface area is 176 Å². The highest BCUT2D eigenvalue weighted by molar-refractivity contribution is 8.00. The third-order valence-electron chi connectivity index (χ3n) is 3.75. The second-order valence-corrected chi connectivity index (χ2v) is 8.10. The van der Waals surface area contributed by atoms with E-state index in [9.17, 15) is 13.2 Å². The SMILES string of the molecule is Nc1nc(CSc2nnc(Nc3ccc(OC(F)(F)F)cc3)s2)nc2ccccc12. The van der Waals surface area contributed by atoms with Crippen LogP contribution in [0.25, 0.3) is 10.9 Å². The van der Waals surface area contributed by atoms with Gasteiger partial charge in [0.15, 0.2) is 4.34 Å². The van der Waals surface area contributed by atoms with E-state index in [4.69, 9.17) is 5.73 Å². The first-order valence-corrected chi connectivity index (χ1v) is 10.3. The van der Waals surface area contributed by atoms with E-state index in [1.807, 2.05) is 24.3 Å². The molecule has 12 heteroatoms. The minimum Gasteiger partial charge on any atom is -0.406 e. The number of hydrogen-bond acceptors (Lipinski definition) is 9. The van der Waals surface area contributed by atoms with Gasteiger partial charge in [0.25, 0.3) is 0 Å². The first-order chi connectivity index (χ1) is 14.4. The number of nitrogen functional groups attached to an aromatic ring is 1. The maximum atomic E-state index is 12.2. The van der Waals surface area contributed by atoms with Gasteiger partial charge in [-0.2, -0.15) is 0 Å². The highest BCUT2D eigenvalue weighted by Gasteiger charge is 2.30. The Kier molecular flexibility index (Phi) is 5.59. The van der Waals surface area contributed by atoms with Crippen molar-refractivity contribution >= 4 is 50.6 Å². The van der Waals surface area contributed by atoms with Crippen LogP contribution in [0.15, 0.2) is 52.9 Å². The van der Waals surface area contributed by atoms with E-state index in [1.54, 1.807) is 0 Å². The third kappa shape index (κ3) is 5.07. The first kappa shape index (κ1) is 20.2. The standard InChI is InChI=1S/C18H13F3N6OS2/c19-18(20,21)28-11-7-5-10(6-8-11)23-16-26-27-17(30-16)29-9-14-24-13-4-2-1-3-12(13)15(22)25-14/h1-8H,9H2,(H,23,26)(H2,22,24,25).